The Balaban J connectivity index is 3.48. The summed E-state index contributed by atoms with van der Waals surface area (Å²) in [5.74, 6) is -0.685. The van der Waals surface area contributed by atoms with Crippen molar-refractivity contribution in [2.75, 3.05) is 19.6 Å². The van der Waals surface area contributed by atoms with Gasteiger partial charge in [0.1, 0.15) is 0 Å². The van der Waals surface area contributed by atoms with Crippen molar-refractivity contribution in [3.8, 4) is 0 Å². The molecule has 0 aromatic rings. The van der Waals surface area contributed by atoms with E-state index in [1.807, 2.05) is 0 Å². The maximum atomic E-state index is 10.6. The molecule has 0 aliphatic carbocycles. The van der Waals surface area contributed by atoms with Crippen LogP contribution in [-0.4, -0.2) is 35.6 Å². The first-order valence-electron chi connectivity index (χ1n) is 7.64. The normalized spacial score (nSPS) is 11.1. The summed E-state index contributed by atoms with van der Waals surface area (Å²) >= 11 is 0. The molecule has 1 N–H and O–H groups in total. The Morgan fingerprint density at radius 3 is 2.00 bits per heavy atom. The van der Waals surface area contributed by atoms with Crippen molar-refractivity contribution in [2.45, 2.75) is 71.6 Å². The second kappa shape index (κ2) is 12.9. The van der Waals surface area contributed by atoms with Crippen molar-refractivity contribution in [3.63, 3.8) is 0 Å². The van der Waals surface area contributed by atoms with Crippen molar-refractivity contribution >= 4 is 5.97 Å². The van der Waals surface area contributed by atoms with Gasteiger partial charge in [0.2, 0.25) is 0 Å². The molecule has 108 valence electrons. The van der Waals surface area contributed by atoms with Crippen molar-refractivity contribution < 1.29 is 9.90 Å². The third kappa shape index (κ3) is 11.9. The van der Waals surface area contributed by atoms with Gasteiger partial charge in [0.15, 0.2) is 0 Å². The monoisotopic (exact) mass is 257 g/mol. The second-order valence-electron chi connectivity index (χ2n) is 5.11. The molecule has 0 unspecified atom stereocenters. The highest BCUT2D eigenvalue weighted by molar-refractivity contribution is 5.66. The number of hydrogen-bond acceptors (Lipinski definition) is 2. The molecule has 3 nitrogen and oxygen atoms in total. The van der Waals surface area contributed by atoms with E-state index in [2.05, 4.69) is 18.7 Å². The molecule has 0 bridgehead atoms. The lowest BCUT2D eigenvalue weighted by Crippen LogP contribution is -2.28. The summed E-state index contributed by atoms with van der Waals surface area (Å²) in [6.07, 6.45) is 10.6. The predicted octanol–water partition coefficient (Wildman–Crippen LogP) is 3.92. The minimum atomic E-state index is -0.685. The van der Waals surface area contributed by atoms with Gasteiger partial charge in [-0.3, -0.25) is 4.79 Å². The van der Waals surface area contributed by atoms with Crippen LogP contribution >= 0.6 is 0 Å². The fraction of sp³-hybridized carbons (Fsp3) is 0.933. The minimum Gasteiger partial charge on any atom is -0.481 e. The number of hydrogen-bond donors (Lipinski definition) is 1. The van der Waals surface area contributed by atoms with Gasteiger partial charge in [0.25, 0.3) is 0 Å². The van der Waals surface area contributed by atoms with Gasteiger partial charge in [0.05, 0.1) is 6.42 Å². The molecule has 3 heteroatoms. The zero-order chi connectivity index (χ0) is 13.6. The van der Waals surface area contributed by atoms with Crippen molar-refractivity contribution in [2.24, 2.45) is 0 Å². The van der Waals surface area contributed by atoms with E-state index in [0.717, 1.165) is 19.5 Å². The van der Waals surface area contributed by atoms with E-state index in [1.165, 1.54) is 44.9 Å². The Hall–Kier alpha value is -0.570. The van der Waals surface area contributed by atoms with Crippen LogP contribution in [0.15, 0.2) is 0 Å². The predicted molar refractivity (Wildman–Crippen MR) is 77.0 cm³/mol. The Morgan fingerprint density at radius 1 is 0.833 bits per heavy atom. The van der Waals surface area contributed by atoms with Crippen LogP contribution in [0.1, 0.15) is 71.6 Å². The molecule has 0 rings (SSSR count). The summed E-state index contributed by atoms with van der Waals surface area (Å²) in [5.41, 5.74) is 0. The number of carboxylic acids is 1. The topological polar surface area (TPSA) is 40.5 Å². The van der Waals surface area contributed by atoms with Gasteiger partial charge in [-0.05, 0) is 25.9 Å². The molecule has 0 aromatic carbocycles. The molecule has 0 saturated heterocycles. The van der Waals surface area contributed by atoms with Crippen molar-refractivity contribution in [3.05, 3.63) is 0 Å². The molecule has 0 saturated carbocycles. The summed E-state index contributed by atoms with van der Waals surface area (Å²) in [5, 5.41) is 8.70. The zero-order valence-electron chi connectivity index (χ0n) is 12.3. The SMILES string of the molecule is CCCCCCCCCN(CCC)CCC(=O)O. The smallest absolute Gasteiger partial charge is 0.304 e. The van der Waals surface area contributed by atoms with Gasteiger partial charge < -0.3 is 10.0 Å². The highest BCUT2D eigenvalue weighted by Crippen LogP contribution is 2.08. The molecule has 0 heterocycles. The number of rotatable bonds is 13. The first-order chi connectivity index (χ1) is 8.70. The minimum absolute atomic E-state index is 0.274. The van der Waals surface area contributed by atoms with Crippen LogP contribution < -0.4 is 0 Å². The lowest BCUT2D eigenvalue weighted by molar-refractivity contribution is -0.137. The van der Waals surface area contributed by atoms with Gasteiger partial charge in [-0.1, -0.05) is 52.4 Å². The Morgan fingerprint density at radius 2 is 1.44 bits per heavy atom. The maximum absolute atomic E-state index is 10.6. The average Bonchev–Trinajstić information content (AvgIpc) is 2.34. The third-order valence-corrected chi connectivity index (χ3v) is 3.26. The van der Waals surface area contributed by atoms with E-state index in [4.69, 9.17) is 5.11 Å². The Labute approximate surface area is 113 Å². The standard InChI is InChI=1S/C15H31NO2/c1-3-5-6-7-8-9-10-13-16(12-4-2)14-11-15(17)18/h3-14H2,1-2H3,(H,17,18). The summed E-state index contributed by atoms with van der Waals surface area (Å²) in [7, 11) is 0. The lowest BCUT2D eigenvalue weighted by Gasteiger charge is -2.20. The number of aliphatic carboxylic acids is 1. The second-order valence-corrected chi connectivity index (χ2v) is 5.11. The fourth-order valence-corrected chi connectivity index (χ4v) is 2.20. The van der Waals surface area contributed by atoms with Crippen LogP contribution in [-0.2, 0) is 4.79 Å². The molecule has 0 fully saturated rings. The van der Waals surface area contributed by atoms with E-state index in [-0.39, 0.29) is 6.42 Å². The molecule has 18 heavy (non-hydrogen) atoms. The van der Waals surface area contributed by atoms with Gasteiger partial charge in [0, 0.05) is 6.54 Å². The Bertz CT molecular complexity index is 195. The fourth-order valence-electron chi connectivity index (χ4n) is 2.20. The molecule has 0 aromatic heterocycles. The van der Waals surface area contributed by atoms with Gasteiger partial charge >= 0.3 is 5.97 Å². The zero-order valence-corrected chi connectivity index (χ0v) is 12.3. The van der Waals surface area contributed by atoms with Gasteiger partial charge in [-0.25, -0.2) is 0 Å². The first kappa shape index (κ1) is 17.4. The first-order valence-corrected chi connectivity index (χ1v) is 7.64. The van der Waals surface area contributed by atoms with Crippen LogP contribution in [0.5, 0.6) is 0 Å². The largest absolute Gasteiger partial charge is 0.481 e. The maximum Gasteiger partial charge on any atom is 0.304 e. The highest BCUT2D eigenvalue weighted by atomic mass is 16.4. The number of unbranched alkanes of at least 4 members (excludes halogenated alkanes) is 6. The van der Waals surface area contributed by atoms with Crippen LogP contribution in [0.25, 0.3) is 0 Å². The lowest BCUT2D eigenvalue weighted by atomic mass is 10.1. The highest BCUT2D eigenvalue weighted by Gasteiger charge is 2.05. The van der Waals surface area contributed by atoms with Gasteiger partial charge in [-0.2, -0.15) is 0 Å². The molecule has 0 aliphatic heterocycles. The van der Waals surface area contributed by atoms with Crippen LogP contribution in [0.3, 0.4) is 0 Å². The number of nitrogens with zero attached hydrogens (tertiary/aromatic N) is 1. The van der Waals surface area contributed by atoms with Crippen molar-refractivity contribution in [1.82, 2.24) is 4.90 Å². The van der Waals surface area contributed by atoms with Crippen LogP contribution in [0.4, 0.5) is 0 Å². The van der Waals surface area contributed by atoms with Crippen LogP contribution in [0, 0.1) is 0 Å². The molecule has 0 atom stereocenters. The quantitative estimate of drug-likeness (QED) is 0.508. The Kier molecular flexibility index (Phi) is 12.5. The van der Waals surface area contributed by atoms with E-state index in [0.29, 0.717) is 6.54 Å². The summed E-state index contributed by atoms with van der Waals surface area (Å²) in [6.45, 7) is 7.20. The number of carboxylic acid groups (broad SMARTS) is 1. The molecule has 0 radical (unpaired) electrons. The average molecular weight is 257 g/mol. The van der Waals surface area contributed by atoms with E-state index >= 15 is 0 Å². The summed E-state index contributed by atoms with van der Waals surface area (Å²) in [6, 6.07) is 0. The molecule has 0 spiro atoms. The molecular weight excluding hydrogens is 226 g/mol. The third-order valence-electron chi connectivity index (χ3n) is 3.26. The van der Waals surface area contributed by atoms with E-state index < -0.39 is 5.97 Å². The van der Waals surface area contributed by atoms with E-state index in [9.17, 15) is 4.79 Å². The van der Waals surface area contributed by atoms with Crippen LogP contribution in [0.2, 0.25) is 0 Å². The summed E-state index contributed by atoms with van der Waals surface area (Å²) < 4.78 is 0. The molecule has 0 aliphatic rings. The molecular formula is C15H31NO2. The molecule has 0 amide bonds. The summed E-state index contributed by atoms with van der Waals surface area (Å²) in [4.78, 5) is 12.8. The van der Waals surface area contributed by atoms with E-state index in [1.54, 1.807) is 0 Å². The number of carbonyl (C=O) groups is 1. The van der Waals surface area contributed by atoms with Gasteiger partial charge in [-0.15, -0.1) is 0 Å². The van der Waals surface area contributed by atoms with Crippen molar-refractivity contribution in [1.29, 1.82) is 0 Å².